The highest BCUT2D eigenvalue weighted by Crippen LogP contribution is 2.04. The molecule has 4 rings (SSSR count). The van der Waals surface area contributed by atoms with Gasteiger partial charge in [0.1, 0.15) is 7.05 Å². The van der Waals surface area contributed by atoms with E-state index in [1.54, 1.807) is 0 Å². The van der Waals surface area contributed by atoms with Crippen LogP contribution in [-0.2, 0) is 16.6 Å². The number of likely N-dealkylation sites (N-methyl/N-ethyl adjacent to an activating group) is 1. The van der Waals surface area contributed by atoms with Crippen LogP contribution in [0.3, 0.4) is 0 Å². The van der Waals surface area contributed by atoms with Crippen molar-refractivity contribution in [2.24, 2.45) is 7.05 Å². The van der Waals surface area contributed by atoms with Crippen molar-refractivity contribution in [2.45, 2.75) is 46.5 Å². The van der Waals surface area contributed by atoms with E-state index in [9.17, 15) is 0 Å². The maximum atomic E-state index is 9.00. The zero-order valence-corrected chi connectivity index (χ0v) is 20.6. The highest BCUT2D eigenvalue weighted by Gasteiger charge is 2.04. The second-order valence-electron chi connectivity index (χ2n) is 8.35. The Kier molecular flexibility index (Phi) is 23.1. The first kappa shape index (κ1) is 32.6. The van der Waals surface area contributed by atoms with Gasteiger partial charge in [0.05, 0.1) is 13.2 Å². The molecule has 0 aromatic carbocycles. The second-order valence-corrected chi connectivity index (χ2v) is 8.35. The summed E-state index contributed by atoms with van der Waals surface area (Å²) in [5.41, 5.74) is 0. The van der Waals surface area contributed by atoms with Crippen molar-refractivity contribution in [3.8, 4) is 0 Å². The molecule has 3 aliphatic rings. The highest BCUT2D eigenvalue weighted by molar-refractivity contribution is 5.62. The Labute approximate surface area is 198 Å². The molecule has 0 saturated carbocycles. The number of nitrogens with zero attached hydrogens (tertiary/aromatic N) is 4. The van der Waals surface area contributed by atoms with Crippen LogP contribution in [-0.4, -0.2) is 99.4 Å². The number of carbonyl (C=O) groups is 1. The van der Waals surface area contributed by atoms with E-state index in [2.05, 4.69) is 35.8 Å². The SMILES string of the molecule is C.CC(=O)O.CN1CCCC1.CN1CCCCC1.CN1CCOCC1.C[n+]1ccccc1. The maximum absolute atomic E-state index is 9.00. The fourth-order valence-corrected chi connectivity index (χ4v) is 3.07. The number of pyridine rings is 1. The van der Waals surface area contributed by atoms with Crippen molar-refractivity contribution in [2.75, 3.05) is 73.6 Å². The van der Waals surface area contributed by atoms with Crippen LogP contribution in [0, 0.1) is 0 Å². The number of carboxylic acids is 1. The fourth-order valence-electron chi connectivity index (χ4n) is 3.07. The Balaban J connectivity index is 0. The Morgan fingerprint density at radius 3 is 1.28 bits per heavy atom. The van der Waals surface area contributed by atoms with E-state index in [-0.39, 0.29) is 7.43 Å². The van der Waals surface area contributed by atoms with Gasteiger partial charge in [-0.1, -0.05) is 19.9 Å². The number of hydrogen-bond acceptors (Lipinski definition) is 5. The summed E-state index contributed by atoms with van der Waals surface area (Å²) < 4.78 is 7.10. The number of rotatable bonds is 0. The van der Waals surface area contributed by atoms with Crippen LogP contribution in [0.1, 0.15) is 46.5 Å². The van der Waals surface area contributed by atoms with Gasteiger partial charge in [-0.25, -0.2) is 4.57 Å². The van der Waals surface area contributed by atoms with Crippen molar-refractivity contribution < 1.29 is 19.2 Å². The first-order valence-electron chi connectivity index (χ1n) is 11.5. The summed E-state index contributed by atoms with van der Waals surface area (Å²) >= 11 is 0. The van der Waals surface area contributed by atoms with Gasteiger partial charge in [-0.2, -0.15) is 0 Å². The molecular weight excluding hydrogens is 404 g/mol. The molecule has 7 nitrogen and oxygen atoms in total. The first-order chi connectivity index (χ1) is 14.8. The molecule has 1 N–H and O–H groups in total. The lowest BCUT2D eigenvalue weighted by molar-refractivity contribution is -0.671. The summed E-state index contributed by atoms with van der Waals surface area (Å²) in [6, 6.07) is 6.00. The molecular formula is C25H51N4O3+. The number of aromatic nitrogens is 1. The lowest BCUT2D eigenvalue weighted by Gasteiger charge is -2.21. The van der Waals surface area contributed by atoms with Gasteiger partial charge in [0.25, 0.3) is 5.97 Å². The summed E-state index contributed by atoms with van der Waals surface area (Å²) in [6.45, 7) is 10.4. The van der Waals surface area contributed by atoms with E-state index in [0.29, 0.717) is 0 Å². The Hall–Kier alpha value is -1.54. The van der Waals surface area contributed by atoms with Crippen LogP contribution in [0.2, 0.25) is 0 Å². The fraction of sp³-hybridized carbons (Fsp3) is 0.760. The molecule has 3 aliphatic heterocycles. The first-order valence-corrected chi connectivity index (χ1v) is 11.5. The van der Waals surface area contributed by atoms with Crippen molar-refractivity contribution in [1.29, 1.82) is 0 Å². The van der Waals surface area contributed by atoms with E-state index in [4.69, 9.17) is 14.6 Å². The van der Waals surface area contributed by atoms with Gasteiger partial charge in [0.2, 0.25) is 0 Å². The Morgan fingerprint density at radius 2 is 1.09 bits per heavy atom. The Bertz CT molecular complexity index is 493. The van der Waals surface area contributed by atoms with E-state index in [1.807, 2.05) is 42.2 Å². The molecule has 0 aliphatic carbocycles. The van der Waals surface area contributed by atoms with Gasteiger partial charge in [-0.15, -0.1) is 0 Å². The van der Waals surface area contributed by atoms with Crippen LogP contribution >= 0.6 is 0 Å². The molecule has 3 saturated heterocycles. The largest absolute Gasteiger partial charge is 0.481 e. The summed E-state index contributed by atoms with van der Waals surface area (Å²) in [6.07, 6.45) is 11.1. The number of aliphatic carboxylic acids is 1. The lowest BCUT2D eigenvalue weighted by Crippen LogP contribution is -2.32. The zero-order valence-electron chi connectivity index (χ0n) is 20.6. The number of hydrogen-bond donors (Lipinski definition) is 1. The van der Waals surface area contributed by atoms with E-state index < -0.39 is 5.97 Å². The number of ether oxygens (including phenoxy) is 1. The minimum atomic E-state index is -0.833. The van der Waals surface area contributed by atoms with Gasteiger partial charge >= 0.3 is 0 Å². The van der Waals surface area contributed by atoms with Crippen molar-refractivity contribution in [3.05, 3.63) is 30.6 Å². The molecule has 32 heavy (non-hydrogen) atoms. The smallest absolute Gasteiger partial charge is 0.300 e. The third kappa shape index (κ3) is 24.7. The van der Waals surface area contributed by atoms with Gasteiger partial charge in [0.15, 0.2) is 12.4 Å². The van der Waals surface area contributed by atoms with E-state index in [1.165, 1.54) is 58.3 Å². The predicted molar refractivity (Wildman–Crippen MR) is 134 cm³/mol. The summed E-state index contributed by atoms with van der Waals surface area (Å²) in [5.74, 6) is -0.833. The molecule has 0 bridgehead atoms. The number of likely N-dealkylation sites (tertiary alicyclic amines) is 2. The zero-order chi connectivity index (χ0) is 23.3. The average molecular weight is 456 g/mol. The van der Waals surface area contributed by atoms with Crippen LogP contribution in [0.5, 0.6) is 0 Å². The standard InChI is InChI=1S/C6H13N.C6H8N.C5H11NO.C5H11N.C2H4O2.CH4/c2*1-7-5-3-2-4-6-7;1-6-2-4-7-5-3-6;1-6-4-2-3-5-6;1-2(3)4;/h2-6H2,1H3;2-6H,1H3;2-5H2,1H3;2-5H2,1H3;1H3,(H,3,4);1H4/q;+1;;;;. The monoisotopic (exact) mass is 455 g/mol. The molecule has 0 radical (unpaired) electrons. The minimum Gasteiger partial charge on any atom is -0.481 e. The molecule has 3 fully saturated rings. The molecule has 1 aromatic rings. The third-order valence-corrected chi connectivity index (χ3v) is 5.01. The second kappa shape index (κ2) is 22.6. The highest BCUT2D eigenvalue weighted by atomic mass is 16.5. The molecule has 188 valence electrons. The van der Waals surface area contributed by atoms with Crippen LogP contribution in [0.15, 0.2) is 30.6 Å². The molecule has 7 heteroatoms. The molecule has 1 aromatic heterocycles. The van der Waals surface area contributed by atoms with Gasteiger partial charge < -0.3 is 24.5 Å². The van der Waals surface area contributed by atoms with Gasteiger partial charge in [0, 0.05) is 32.1 Å². The molecule has 0 amide bonds. The van der Waals surface area contributed by atoms with Crippen molar-refractivity contribution >= 4 is 5.97 Å². The van der Waals surface area contributed by atoms with Crippen molar-refractivity contribution in [3.63, 3.8) is 0 Å². The quantitative estimate of drug-likeness (QED) is 0.607. The van der Waals surface area contributed by atoms with Crippen LogP contribution in [0.4, 0.5) is 0 Å². The predicted octanol–water partition coefficient (Wildman–Crippen LogP) is 3.00. The topological polar surface area (TPSA) is 60.1 Å². The third-order valence-electron chi connectivity index (χ3n) is 5.01. The minimum absolute atomic E-state index is 0. The molecule has 0 unspecified atom stereocenters. The molecule has 0 spiro atoms. The van der Waals surface area contributed by atoms with E-state index in [0.717, 1.165) is 33.2 Å². The van der Waals surface area contributed by atoms with Gasteiger partial charge in [-0.3, -0.25) is 4.79 Å². The van der Waals surface area contributed by atoms with E-state index >= 15 is 0 Å². The number of carboxylic acid groups (broad SMARTS) is 1. The average Bonchev–Trinajstić information content (AvgIpc) is 3.22. The lowest BCUT2D eigenvalue weighted by atomic mass is 10.1. The molecule has 4 heterocycles. The summed E-state index contributed by atoms with van der Waals surface area (Å²) in [7, 11) is 8.48. The van der Waals surface area contributed by atoms with Gasteiger partial charge in [-0.05, 0) is 73.0 Å². The van der Waals surface area contributed by atoms with Crippen LogP contribution in [0.25, 0.3) is 0 Å². The van der Waals surface area contributed by atoms with Crippen molar-refractivity contribution in [1.82, 2.24) is 14.7 Å². The Morgan fingerprint density at radius 1 is 0.750 bits per heavy atom. The maximum Gasteiger partial charge on any atom is 0.300 e. The number of piperidine rings is 1. The summed E-state index contributed by atoms with van der Waals surface area (Å²) in [5, 5.41) is 7.42. The van der Waals surface area contributed by atoms with Crippen LogP contribution < -0.4 is 4.57 Å². The summed E-state index contributed by atoms with van der Waals surface area (Å²) in [4.78, 5) is 16.0. The number of aryl methyl sites for hydroxylation is 1. The normalized spacial score (nSPS) is 18.5. The molecule has 0 atom stereocenters. The number of morpholine rings is 1.